The van der Waals surface area contributed by atoms with Gasteiger partial charge in [0.15, 0.2) is 5.69 Å². The van der Waals surface area contributed by atoms with Crippen molar-refractivity contribution in [3.8, 4) is 5.69 Å². The first-order chi connectivity index (χ1) is 13.2. The molecule has 4 nitrogen and oxygen atoms in total. The molecule has 0 bridgehead atoms. The Hall–Kier alpha value is -2.53. The van der Waals surface area contributed by atoms with Crippen molar-refractivity contribution in [1.29, 1.82) is 0 Å². The molecule has 1 amide bonds. The summed E-state index contributed by atoms with van der Waals surface area (Å²) < 4.78 is 1.96. The van der Waals surface area contributed by atoms with E-state index in [9.17, 15) is 4.79 Å². The summed E-state index contributed by atoms with van der Waals surface area (Å²) in [6.45, 7) is 0.584. The first-order valence-electron chi connectivity index (χ1n) is 9.22. The van der Waals surface area contributed by atoms with Gasteiger partial charge in [-0.25, -0.2) is 4.68 Å². The third-order valence-corrected chi connectivity index (χ3v) is 5.80. The second-order valence-electron chi connectivity index (χ2n) is 6.88. The molecule has 0 spiro atoms. The summed E-state index contributed by atoms with van der Waals surface area (Å²) in [6.07, 6.45) is 5.05. The van der Waals surface area contributed by atoms with Crippen LogP contribution in [0.4, 0.5) is 0 Å². The highest BCUT2D eigenvalue weighted by Crippen LogP contribution is 2.28. The van der Waals surface area contributed by atoms with Gasteiger partial charge in [0.2, 0.25) is 0 Å². The first-order valence-corrected chi connectivity index (χ1v) is 10.4. The van der Waals surface area contributed by atoms with E-state index in [0.29, 0.717) is 12.2 Å². The average Bonchev–Trinajstić information content (AvgIpc) is 3.31. The molecule has 0 saturated heterocycles. The van der Waals surface area contributed by atoms with Gasteiger partial charge < -0.3 is 4.90 Å². The molecule has 1 aliphatic carbocycles. The monoisotopic (exact) mass is 377 g/mol. The van der Waals surface area contributed by atoms with Crippen molar-refractivity contribution in [1.82, 2.24) is 14.7 Å². The highest BCUT2D eigenvalue weighted by atomic mass is 32.2. The van der Waals surface area contributed by atoms with Gasteiger partial charge in [0, 0.05) is 29.7 Å². The van der Waals surface area contributed by atoms with Gasteiger partial charge in [-0.15, -0.1) is 11.8 Å². The summed E-state index contributed by atoms with van der Waals surface area (Å²) in [5.74, 6) is -0.00299. The maximum absolute atomic E-state index is 13.1. The minimum Gasteiger partial charge on any atom is -0.336 e. The van der Waals surface area contributed by atoms with Gasteiger partial charge >= 0.3 is 0 Å². The number of carbonyl (C=O) groups is 1. The van der Waals surface area contributed by atoms with Gasteiger partial charge in [0.25, 0.3) is 5.91 Å². The molecule has 4 rings (SSSR count). The van der Waals surface area contributed by atoms with Crippen LogP contribution in [-0.2, 0) is 19.4 Å². The number of aromatic nitrogens is 2. The summed E-state index contributed by atoms with van der Waals surface area (Å²) >= 11 is 1.72. The number of nitrogens with zero attached hydrogens (tertiary/aromatic N) is 3. The zero-order chi connectivity index (χ0) is 18.8. The molecule has 1 heterocycles. The third kappa shape index (κ3) is 3.52. The molecule has 5 heteroatoms. The molecule has 0 N–H and O–H groups in total. The summed E-state index contributed by atoms with van der Waals surface area (Å²) in [6, 6.07) is 18.4. The number of fused-ring (bicyclic) bond motifs is 1. The standard InChI is InChI=1S/C22H23N3OS/c1-24(15-16-11-13-18(27-2)14-12-16)22(26)21-19-9-6-10-20(19)25(23-21)17-7-4-3-5-8-17/h3-5,7-8,11-14H,6,9-10,15H2,1-2H3. The number of hydrogen-bond acceptors (Lipinski definition) is 3. The van der Waals surface area contributed by atoms with Crippen molar-refractivity contribution in [2.24, 2.45) is 0 Å². The highest BCUT2D eigenvalue weighted by Gasteiger charge is 2.28. The van der Waals surface area contributed by atoms with E-state index < -0.39 is 0 Å². The van der Waals surface area contributed by atoms with Crippen LogP contribution in [0.3, 0.4) is 0 Å². The Labute approximate surface area is 164 Å². The lowest BCUT2D eigenvalue weighted by Crippen LogP contribution is -2.27. The highest BCUT2D eigenvalue weighted by molar-refractivity contribution is 7.98. The number of benzene rings is 2. The molecule has 27 heavy (non-hydrogen) atoms. The molecule has 1 aliphatic rings. The van der Waals surface area contributed by atoms with Crippen LogP contribution in [0.5, 0.6) is 0 Å². The van der Waals surface area contributed by atoms with Crippen LogP contribution < -0.4 is 0 Å². The van der Waals surface area contributed by atoms with E-state index in [1.54, 1.807) is 16.7 Å². The Bertz CT molecular complexity index is 948. The van der Waals surface area contributed by atoms with Crippen LogP contribution in [0.25, 0.3) is 5.69 Å². The smallest absolute Gasteiger partial charge is 0.274 e. The second-order valence-corrected chi connectivity index (χ2v) is 7.76. The van der Waals surface area contributed by atoms with Crippen LogP contribution in [0.1, 0.15) is 33.7 Å². The predicted octanol–water partition coefficient (Wildman–Crippen LogP) is 4.36. The topological polar surface area (TPSA) is 38.1 Å². The lowest BCUT2D eigenvalue weighted by Gasteiger charge is -2.17. The molecule has 0 aliphatic heterocycles. The molecule has 0 radical (unpaired) electrons. The molecular formula is C22H23N3OS. The number of para-hydroxylation sites is 1. The van der Waals surface area contributed by atoms with Crippen molar-refractivity contribution >= 4 is 17.7 Å². The molecule has 0 saturated carbocycles. The molecular weight excluding hydrogens is 354 g/mol. The molecule has 3 aromatic rings. The lowest BCUT2D eigenvalue weighted by molar-refractivity contribution is 0.0777. The van der Waals surface area contributed by atoms with Crippen LogP contribution in [0, 0.1) is 0 Å². The quantitative estimate of drug-likeness (QED) is 0.620. The normalized spacial score (nSPS) is 12.8. The Morgan fingerprint density at radius 3 is 2.56 bits per heavy atom. The van der Waals surface area contributed by atoms with Gasteiger partial charge in [-0.3, -0.25) is 4.79 Å². The summed E-state index contributed by atoms with van der Waals surface area (Å²) in [4.78, 5) is 16.1. The lowest BCUT2D eigenvalue weighted by atomic mass is 10.1. The van der Waals surface area contributed by atoms with E-state index in [1.165, 1.54) is 10.6 Å². The third-order valence-electron chi connectivity index (χ3n) is 5.06. The van der Waals surface area contributed by atoms with E-state index in [1.807, 2.05) is 42.1 Å². The molecule has 2 aromatic carbocycles. The molecule has 0 atom stereocenters. The summed E-state index contributed by atoms with van der Waals surface area (Å²) in [5.41, 5.74) is 5.05. The number of carbonyl (C=O) groups excluding carboxylic acids is 1. The van der Waals surface area contributed by atoms with Crippen molar-refractivity contribution < 1.29 is 4.79 Å². The maximum atomic E-state index is 13.1. The average molecular weight is 378 g/mol. The molecule has 0 fully saturated rings. The fourth-order valence-electron chi connectivity index (χ4n) is 3.65. The van der Waals surface area contributed by atoms with Gasteiger partial charge in [-0.05, 0) is 55.3 Å². The summed E-state index contributed by atoms with van der Waals surface area (Å²) in [5, 5.41) is 4.71. The predicted molar refractivity (Wildman–Crippen MR) is 110 cm³/mol. The minimum absolute atomic E-state index is 0.00299. The molecule has 1 aromatic heterocycles. The maximum Gasteiger partial charge on any atom is 0.274 e. The number of hydrogen-bond donors (Lipinski definition) is 0. The fourth-order valence-corrected chi connectivity index (χ4v) is 4.06. The summed E-state index contributed by atoms with van der Waals surface area (Å²) in [7, 11) is 1.85. The number of thioether (sulfide) groups is 1. The van der Waals surface area contributed by atoms with E-state index in [2.05, 4.69) is 30.5 Å². The van der Waals surface area contributed by atoms with Crippen LogP contribution in [0.2, 0.25) is 0 Å². The Balaban J connectivity index is 1.60. The van der Waals surface area contributed by atoms with Gasteiger partial charge in [-0.1, -0.05) is 30.3 Å². The van der Waals surface area contributed by atoms with E-state index >= 15 is 0 Å². The second kappa shape index (κ2) is 7.61. The van der Waals surface area contributed by atoms with Crippen molar-refractivity contribution in [3.05, 3.63) is 77.1 Å². The SMILES string of the molecule is CSc1ccc(CN(C)C(=O)c2nn(-c3ccccc3)c3c2CCC3)cc1. The Morgan fingerprint density at radius 1 is 1.11 bits per heavy atom. The Kier molecular flexibility index (Phi) is 5.03. The zero-order valence-electron chi connectivity index (χ0n) is 15.7. The van der Waals surface area contributed by atoms with Gasteiger partial charge in [0.05, 0.1) is 5.69 Å². The molecule has 0 unspecified atom stereocenters. The minimum atomic E-state index is -0.00299. The Morgan fingerprint density at radius 2 is 1.85 bits per heavy atom. The zero-order valence-corrected chi connectivity index (χ0v) is 16.5. The van der Waals surface area contributed by atoms with E-state index in [4.69, 9.17) is 5.10 Å². The number of rotatable bonds is 5. The fraction of sp³-hybridized carbons (Fsp3) is 0.273. The van der Waals surface area contributed by atoms with Gasteiger partial charge in [0.1, 0.15) is 0 Å². The van der Waals surface area contributed by atoms with E-state index in [-0.39, 0.29) is 5.91 Å². The first kappa shape index (κ1) is 17.9. The number of amides is 1. The van der Waals surface area contributed by atoms with Crippen molar-refractivity contribution in [2.75, 3.05) is 13.3 Å². The largest absolute Gasteiger partial charge is 0.336 e. The van der Waals surface area contributed by atoms with Crippen molar-refractivity contribution in [3.63, 3.8) is 0 Å². The molecule has 138 valence electrons. The van der Waals surface area contributed by atoms with Crippen LogP contribution in [-0.4, -0.2) is 33.9 Å². The van der Waals surface area contributed by atoms with Gasteiger partial charge in [-0.2, -0.15) is 5.10 Å². The van der Waals surface area contributed by atoms with E-state index in [0.717, 1.165) is 36.1 Å². The van der Waals surface area contributed by atoms with Crippen LogP contribution >= 0.6 is 11.8 Å². The van der Waals surface area contributed by atoms with Crippen LogP contribution in [0.15, 0.2) is 59.5 Å². The van der Waals surface area contributed by atoms with Crippen molar-refractivity contribution in [2.45, 2.75) is 30.7 Å².